The molecule has 0 bridgehead atoms. The predicted molar refractivity (Wildman–Crippen MR) is 55.9 cm³/mol. The number of ether oxygens (including phenoxy) is 1. The van der Waals surface area contributed by atoms with Gasteiger partial charge in [0.2, 0.25) is 0 Å². The average Bonchev–Trinajstić information content (AvgIpc) is 2.95. The minimum Gasteiger partial charge on any atom is -0.380 e. The molecule has 0 amide bonds. The monoisotopic (exact) mass is 185 g/mol. The van der Waals surface area contributed by atoms with Crippen molar-refractivity contribution in [1.82, 2.24) is 5.32 Å². The van der Waals surface area contributed by atoms with Gasteiger partial charge in [0.05, 0.1) is 6.10 Å². The van der Waals surface area contributed by atoms with Crippen LogP contribution < -0.4 is 5.32 Å². The van der Waals surface area contributed by atoms with E-state index in [4.69, 9.17) is 4.74 Å². The molecular formula is C11H23NO. The second kappa shape index (κ2) is 5.61. The highest BCUT2D eigenvalue weighted by Gasteiger charge is 2.24. The summed E-state index contributed by atoms with van der Waals surface area (Å²) in [5.74, 6) is 1.02. The minimum absolute atomic E-state index is 0.341. The van der Waals surface area contributed by atoms with Crippen molar-refractivity contribution in [3.8, 4) is 0 Å². The van der Waals surface area contributed by atoms with Crippen LogP contribution in [0.15, 0.2) is 0 Å². The zero-order valence-corrected chi connectivity index (χ0v) is 9.18. The number of hydrogen-bond donors (Lipinski definition) is 1. The van der Waals surface area contributed by atoms with Crippen LogP contribution in [0.4, 0.5) is 0 Å². The van der Waals surface area contributed by atoms with Gasteiger partial charge in [-0.2, -0.15) is 0 Å². The van der Waals surface area contributed by atoms with Gasteiger partial charge in [0.1, 0.15) is 0 Å². The third-order valence-electron chi connectivity index (χ3n) is 2.90. The Kier molecular flexibility index (Phi) is 4.74. The Morgan fingerprint density at radius 2 is 2.15 bits per heavy atom. The zero-order valence-electron chi connectivity index (χ0n) is 9.18. The van der Waals surface area contributed by atoms with E-state index >= 15 is 0 Å². The number of rotatable bonds is 7. The summed E-state index contributed by atoms with van der Waals surface area (Å²) in [6.07, 6.45) is 5.86. The third kappa shape index (κ3) is 4.63. The van der Waals surface area contributed by atoms with Crippen molar-refractivity contribution in [3.63, 3.8) is 0 Å². The Labute approximate surface area is 82.0 Å². The molecule has 1 N–H and O–H groups in total. The van der Waals surface area contributed by atoms with E-state index in [0.717, 1.165) is 12.5 Å². The Balaban J connectivity index is 2.07. The minimum atomic E-state index is 0.341. The first kappa shape index (κ1) is 11.0. The van der Waals surface area contributed by atoms with Crippen molar-refractivity contribution in [2.24, 2.45) is 5.92 Å². The van der Waals surface area contributed by atoms with E-state index in [0.29, 0.717) is 12.1 Å². The summed E-state index contributed by atoms with van der Waals surface area (Å²) >= 11 is 0. The Morgan fingerprint density at radius 3 is 2.62 bits per heavy atom. The quantitative estimate of drug-likeness (QED) is 0.656. The average molecular weight is 185 g/mol. The van der Waals surface area contributed by atoms with Crippen LogP contribution in [0.1, 0.15) is 39.5 Å². The fourth-order valence-corrected chi connectivity index (χ4v) is 1.57. The first-order valence-corrected chi connectivity index (χ1v) is 5.52. The number of hydrogen-bond acceptors (Lipinski definition) is 2. The van der Waals surface area contributed by atoms with E-state index in [1.54, 1.807) is 7.11 Å². The normalized spacial score (nSPS) is 21.5. The maximum Gasteiger partial charge on any atom is 0.0667 e. The van der Waals surface area contributed by atoms with Crippen molar-refractivity contribution in [1.29, 1.82) is 0 Å². The number of nitrogens with one attached hydrogen (secondary N) is 1. The summed E-state index contributed by atoms with van der Waals surface area (Å²) in [6.45, 7) is 5.36. The van der Waals surface area contributed by atoms with Crippen LogP contribution in [0.25, 0.3) is 0 Å². The molecule has 1 aliphatic carbocycles. The lowest BCUT2D eigenvalue weighted by atomic mass is 10.1. The van der Waals surface area contributed by atoms with E-state index in [9.17, 15) is 0 Å². The van der Waals surface area contributed by atoms with Gasteiger partial charge in [-0.25, -0.2) is 0 Å². The standard InChI is InChI=1S/C11H23NO/c1-4-11(7-10-5-6-10)12-8-9(2)13-3/h9-12H,4-8H2,1-3H3. The molecule has 0 aliphatic heterocycles. The first-order chi connectivity index (χ1) is 6.26. The summed E-state index contributed by atoms with van der Waals surface area (Å²) in [5, 5.41) is 3.57. The Bertz CT molecular complexity index is 134. The lowest BCUT2D eigenvalue weighted by molar-refractivity contribution is 0.113. The van der Waals surface area contributed by atoms with Crippen LogP contribution in [0, 0.1) is 5.92 Å². The molecule has 2 unspecified atom stereocenters. The lowest BCUT2D eigenvalue weighted by Crippen LogP contribution is -2.35. The van der Waals surface area contributed by atoms with Gasteiger partial charge in [0.25, 0.3) is 0 Å². The summed E-state index contributed by atoms with van der Waals surface area (Å²) < 4.78 is 5.20. The van der Waals surface area contributed by atoms with E-state index in [1.807, 2.05) is 0 Å². The molecule has 78 valence electrons. The molecule has 0 radical (unpaired) electrons. The molecule has 0 aromatic carbocycles. The van der Waals surface area contributed by atoms with Crippen LogP contribution in [0.5, 0.6) is 0 Å². The molecule has 0 saturated heterocycles. The van der Waals surface area contributed by atoms with Gasteiger partial charge in [0, 0.05) is 19.7 Å². The summed E-state index contributed by atoms with van der Waals surface area (Å²) in [7, 11) is 1.77. The fourth-order valence-electron chi connectivity index (χ4n) is 1.57. The molecule has 13 heavy (non-hydrogen) atoms. The molecule has 1 fully saturated rings. The van der Waals surface area contributed by atoms with Gasteiger partial charge in [-0.1, -0.05) is 19.8 Å². The smallest absolute Gasteiger partial charge is 0.0667 e. The van der Waals surface area contributed by atoms with E-state index in [1.165, 1.54) is 25.7 Å². The highest BCUT2D eigenvalue weighted by molar-refractivity contribution is 4.79. The molecule has 0 aromatic rings. The topological polar surface area (TPSA) is 21.3 Å². The summed E-state index contributed by atoms with van der Waals surface area (Å²) in [6, 6.07) is 0.713. The molecule has 0 aromatic heterocycles. The molecule has 2 nitrogen and oxygen atoms in total. The van der Waals surface area contributed by atoms with E-state index < -0.39 is 0 Å². The van der Waals surface area contributed by atoms with Crippen LogP contribution in [-0.4, -0.2) is 25.8 Å². The molecule has 1 aliphatic rings. The Morgan fingerprint density at radius 1 is 1.46 bits per heavy atom. The van der Waals surface area contributed by atoms with Gasteiger partial charge in [0.15, 0.2) is 0 Å². The van der Waals surface area contributed by atoms with Crippen LogP contribution in [0.2, 0.25) is 0 Å². The van der Waals surface area contributed by atoms with Gasteiger partial charge in [-0.05, 0) is 25.7 Å². The fraction of sp³-hybridized carbons (Fsp3) is 1.00. The van der Waals surface area contributed by atoms with E-state index in [2.05, 4.69) is 19.2 Å². The lowest BCUT2D eigenvalue weighted by Gasteiger charge is -2.19. The van der Waals surface area contributed by atoms with Gasteiger partial charge in [-0.3, -0.25) is 0 Å². The first-order valence-electron chi connectivity index (χ1n) is 5.52. The van der Waals surface area contributed by atoms with Crippen molar-refractivity contribution in [2.45, 2.75) is 51.7 Å². The zero-order chi connectivity index (χ0) is 9.68. The molecule has 2 atom stereocenters. The Hall–Kier alpha value is -0.0800. The van der Waals surface area contributed by atoms with Crippen LogP contribution >= 0.6 is 0 Å². The second-order valence-corrected chi connectivity index (χ2v) is 4.24. The highest BCUT2D eigenvalue weighted by atomic mass is 16.5. The van der Waals surface area contributed by atoms with Gasteiger partial charge >= 0.3 is 0 Å². The van der Waals surface area contributed by atoms with Crippen molar-refractivity contribution >= 4 is 0 Å². The maximum atomic E-state index is 5.20. The molecular weight excluding hydrogens is 162 g/mol. The third-order valence-corrected chi connectivity index (χ3v) is 2.90. The summed E-state index contributed by atoms with van der Waals surface area (Å²) in [5.41, 5.74) is 0. The molecule has 1 saturated carbocycles. The summed E-state index contributed by atoms with van der Waals surface area (Å²) in [4.78, 5) is 0. The predicted octanol–water partition coefficient (Wildman–Crippen LogP) is 2.19. The molecule has 0 heterocycles. The van der Waals surface area contributed by atoms with Crippen molar-refractivity contribution in [3.05, 3.63) is 0 Å². The van der Waals surface area contributed by atoms with Crippen molar-refractivity contribution in [2.75, 3.05) is 13.7 Å². The van der Waals surface area contributed by atoms with E-state index in [-0.39, 0.29) is 0 Å². The highest BCUT2D eigenvalue weighted by Crippen LogP contribution is 2.33. The van der Waals surface area contributed by atoms with Crippen LogP contribution in [0.3, 0.4) is 0 Å². The SMILES string of the molecule is CCC(CC1CC1)NCC(C)OC. The largest absolute Gasteiger partial charge is 0.380 e. The second-order valence-electron chi connectivity index (χ2n) is 4.24. The molecule has 1 rings (SSSR count). The molecule has 2 heteroatoms. The van der Waals surface area contributed by atoms with Gasteiger partial charge in [-0.15, -0.1) is 0 Å². The van der Waals surface area contributed by atoms with Crippen molar-refractivity contribution < 1.29 is 4.74 Å². The van der Waals surface area contributed by atoms with Gasteiger partial charge < -0.3 is 10.1 Å². The maximum absolute atomic E-state index is 5.20. The number of methoxy groups -OCH3 is 1. The van der Waals surface area contributed by atoms with Crippen LogP contribution in [-0.2, 0) is 4.74 Å². The molecule has 0 spiro atoms.